The number of hydrogen-bond donors (Lipinski definition) is 0. The number of rotatable bonds is 4. The van der Waals surface area contributed by atoms with Crippen LogP contribution in [0.25, 0.3) is 6.08 Å². The predicted molar refractivity (Wildman–Crippen MR) is 125 cm³/mol. The number of benzene rings is 1. The number of hydrogen-bond acceptors (Lipinski definition) is 4. The summed E-state index contributed by atoms with van der Waals surface area (Å²) in [5.41, 5.74) is 0.330. The zero-order valence-corrected chi connectivity index (χ0v) is 19.0. The van der Waals surface area contributed by atoms with Gasteiger partial charge in [-0.3, -0.25) is 9.59 Å². The van der Waals surface area contributed by atoms with E-state index in [4.69, 9.17) is 0 Å². The van der Waals surface area contributed by atoms with Crippen LogP contribution in [-0.2, 0) is 9.59 Å². The first-order chi connectivity index (χ1) is 16.4. The van der Waals surface area contributed by atoms with Crippen LogP contribution < -0.4 is 4.90 Å². The Bertz CT molecular complexity index is 1070. The van der Waals surface area contributed by atoms with Gasteiger partial charge in [-0.05, 0) is 60.6 Å². The molecule has 3 fully saturated rings. The van der Waals surface area contributed by atoms with Crippen molar-refractivity contribution in [3.05, 3.63) is 65.9 Å². The van der Waals surface area contributed by atoms with Crippen LogP contribution in [0.1, 0.15) is 24.8 Å². The third-order valence-corrected chi connectivity index (χ3v) is 7.43. The van der Waals surface area contributed by atoms with E-state index in [9.17, 15) is 18.4 Å². The van der Waals surface area contributed by atoms with Crippen LogP contribution in [-0.4, -0.2) is 65.9 Å². The molecule has 1 saturated carbocycles. The molecule has 6 nitrogen and oxygen atoms in total. The summed E-state index contributed by atoms with van der Waals surface area (Å²) in [7, 11) is 0. The van der Waals surface area contributed by atoms with Gasteiger partial charge in [0.2, 0.25) is 11.8 Å². The average Bonchev–Trinajstić information content (AvgIpc) is 3.55. The van der Waals surface area contributed by atoms with E-state index in [1.165, 1.54) is 24.3 Å². The van der Waals surface area contributed by atoms with Gasteiger partial charge in [0.15, 0.2) is 0 Å². The molecule has 8 heteroatoms. The minimum atomic E-state index is -0.672. The number of halogens is 2. The molecule has 0 N–H and O–H groups in total. The molecule has 2 aromatic rings. The fraction of sp³-hybridized carbons (Fsp3) is 0.423. The van der Waals surface area contributed by atoms with E-state index in [1.54, 1.807) is 11.1 Å². The maximum Gasteiger partial charge on any atom is 0.246 e. The summed E-state index contributed by atoms with van der Waals surface area (Å²) < 4.78 is 26.7. The zero-order chi connectivity index (χ0) is 23.7. The Morgan fingerprint density at radius 1 is 0.941 bits per heavy atom. The van der Waals surface area contributed by atoms with Crippen molar-refractivity contribution >= 4 is 23.7 Å². The second-order valence-corrected chi connectivity index (χ2v) is 9.48. The molecule has 2 amide bonds. The molecule has 34 heavy (non-hydrogen) atoms. The molecule has 1 aliphatic carbocycles. The molecule has 1 aromatic heterocycles. The Morgan fingerprint density at radius 2 is 1.65 bits per heavy atom. The van der Waals surface area contributed by atoms with Crippen LogP contribution in [0.3, 0.4) is 0 Å². The first kappa shape index (κ1) is 22.5. The Hall–Kier alpha value is -3.29. The Balaban J connectivity index is 1.10. The van der Waals surface area contributed by atoms with Crippen molar-refractivity contribution in [2.24, 2.45) is 11.3 Å². The van der Waals surface area contributed by atoms with Crippen molar-refractivity contribution in [1.29, 1.82) is 0 Å². The van der Waals surface area contributed by atoms with Crippen molar-refractivity contribution in [2.45, 2.75) is 19.3 Å². The van der Waals surface area contributed by atoms with Crippen LogP contribution in [0, 0.1) is 23.0 Å². The van der Waals surface area contributed by atoms with E-state index in [2.05, 4.69) is 9.88 Å². The smallest absolute Gasteiger partial charge is 0.246 e. The minimum absolute atomic E-state index is 0.0153. The fourth-order valence-corrected chi connectivity index (χ4v) is 5.28. The lowest BCUT2D eigenvalue weighted by Crippen LogP contribution is -2.50. The molecule has 3 heterocycles. The number of piperidine rings is 1. The van der Waals surface area contributed by atoms with E-state index in [-0.39, 0.29) is 23.1 Å². The molecule has 178 valence electrons. The third kappa shape index (κ3) is 4.67. The van der Waals surface area contributed by atoms with Gasteiger partial charge in [0.05, 0.1) is 0 Å². The van der Waals surface area contributed by atoms with E-state index in [1.807, 2.05) is 23.1 Å². The van der Waals surface area contributed by atoms with E-state index in [0.717, 1.165) is 44.2 Å². The first-order valence-corrected chi connectivity index (χ1v) is 11.8. The molecule has 2 saturated heterocycles. The summed E-state index contributed by atoms with van der Waals surface area (Å²) >= 11 is 0. The van der Waals surface area contributed by atoms with Gasteiger partial charge in [0, 0.05) is 63.5 Å². The molecule has 3 aliphatic rings. The van der Waals surface area contributed by atoms with Crippen molar-refractivity contribution < 1.29 is 18.4 Å². The van der Waals surface area contributed by atoms with Crippen molar-refractivity contribution in [3.63, 3.8) is 0 Å². The van der Waals surface area contributed by atoms with Gasteiger partial charge in [-0.1, -0.05) is 6.07 Å². The van der Waals surface area contributed by atoms with Crippen LogP contribution in [0.5, 0.6) is 0 Å². The summed E-state index contributed by atoms with van der Waals surface area (Å²) in [4.78, 5) is 36.0. The summed E-state index contributed by atoms with van der Waals surface area (Å²) in [5, 5.41) is 0. The van der Waals surface area contributed by atoms with Crippen molar-refractivity contribution in [1.82, 2.24) is 14.8 Å². The summed E-state index contributed by atoms with van der Waals surface area (Å²) in [6, 6.07) is 9.05. The second-order valence-electron chi connectivity index (χ2n) is 9.48. The highest BCUT2D eigenvalue weighted by molar-refractivity contribution is 5.92. The number of nitrogens with zero attached hydrogens (tertiary/aromatic N) is 4. The number of pyridine rings is 1. The highest BCUT2D eigenvalue weighted by Crippen LogP contribution is 2.60. The SMILES string of the molecule is O=C(C=Cc1cc(F)cc(F)c1)N1CCC2(CC1)CC2C(=O)N1CCN(c2ccccn2)CC1. The van der Waals surface area contributed by atoms with Gasteiger partial charge in [0.1, 0.15) is 17.5 Å². The summed E-state index contributed by atoms with van der Waals surface area (Å²) in [6.45, 7) is 4.17. The van der Waals surface area contributed by atoms with E-state index >= 15 is 0 Å². The van der Waals surface area contributed by atoms with Gasteiger partial charge in [0.25, 0.3) is 0 Å². The summed E-state index contributed by atoms with van der Waals surface area (Å²) in [6.07, 6.45) is 7.11. The highest BCUT2D eigenvalue weighted by Gasteiger charge is 2.59. The third-order valence-electron chi connectivity index (χ3n) is 7.43. The maximum atomic E-state index is 13.3. The van der Waals surface area contributed by atoms with Gasteiger partial charge >= 0.3 is 0 Å². The highest BCUT2D eigenvalue weighted by atomic mass is 19.1. The van der Waals surface area contributed by atoms with Crippen molar-refractivity contribution in [3.8, 4) is 0 Å². The quantitative estimate of drug-likeness (QED) is 0.649. The van der Waals surface area contributed by atoms with E-state index < -0.39 is 11.6 Å². The fourth-order valence-electron chi connectivity index (χ4n) is 5.28. The molecule has 1 atom stereocenters. The lowest BCUT2D eigenvalue weighted by atomic mass is 9.90. The Kier molecular flexibility index (Phi) is 6.06. The van der Waals surface area contributed by atoms with Gasteiger partial charge < -0.3 is 14.7 Å². The van der Waals surface area contributed by atoms with Crippen LogP contribution in [0.2, 0.25) is 0 Å². The largest absolute Gasteiger partial charge is 0.353 e. The number of carbonyl (C=O) groups is 2. The molecule has 1 aromatic carbocycles. The lowest BCUT2D eigenvalue weighted by Gasteiger charge is -2.37. The number of anilines is 1. The van der Waals surface area contributed by atoms with E-state index in [0.29, 0.717) is 31.7 Å². The molecular weight excluding hydrogens is 438 g/mol. The predicted octanol–water partition coefficient (Wildman–Crippen LogP) is 3.35. The molecule has 1 unspecified atom stereocenters. The molecular formula is C26H28F2N4O2. The molecule has 5 rings (SSSR count). The molecule has 0 bridgehead atoms. The van der Waals surface area contributed by atoms with Gasteiger partial charge in [-0.2, -0.15) is 0 Å². The second kappa shape index (κ2) is 9.16. The van der Waals surface area contributed by atoms with Gasteiger partial charge in [-0.25, -0.2) is 13.8 Å². The van der Waals surface area contributed by atoms with Crippen LogP contribution in [0.4, 0.5) is 14.6 Å². The number of aromatic nitrogens is 1. The number of amides is 2. The standard InChI is InChI=1S/C26H28F2N4O2/c27-20-15-19(16-21(28)17-20)4-5-24(33)31-9-6-26(7-10-31)18-22(26)25(34)32-13-11-30(12-14-32)23-3-1-2-8-29-23/h1-5,8,15-17,22H,6-7,9-14,18H2. The van der Waals surface area contributed by atoms with Crippen molar-refractivity contribution in [2.75, 3.05) is 44.2 Å². The average molecular weight is 467 g/mol. The molecule has 1 spiro atoms. The number of carbonyl (C=O) groups excluding carboxylic acids is 2. The topological polar surface area (TPSA) is 56.8 Å². The number of piperazine rings is 1. The van der Waals surface area contributed by atoms with Crippen LogP contribution >= 0.6 is 0 Å². The molecule has 0 radical (unpaired) electrons. The first-order valence-electron chi connectivity index (χ1n) is 11.8. The number of likely N-dealkylation sites (tertiary alicyclic amines) is 1. The maximum absolute atomic E-state index is 13.3. The normalized spacial score (nSPS) is 21.8. The van der Waals surface area contributed by atoms with Gasteiger partial charge in [-0.15, -0.1) is 0 Å². The zero-order valence-electron chi connectivity index (χ0n) is 19.0. The Labute approximate surface area is 197 Å². The van der Waals surface area contributed by atoms with Crippen LogP contribution in [0.15, 0.2) is 48.7 Å². The molecule has 2 aliphatic heterocycles. The lowest BCUT2D eigenvalue weighted by molar-refractivity contribution is -0.134. The summed E-state index contributed by atoms with van der Waals surface area (Å²) in [5.74, 6) is -0.269. The monoisotopic (exact) mass is 466 g/mol. The minimum Gasteiger partial charge on any atom is -0.353 e. The Morgan fingerprint density at radius 3 is 2.29 bits per heavy atom.